The first-order chi connectivity index (χ1) is 5.02. The van der Waals surface area contributed by atoms with E-state index < -0.39 is 11.9 Å². The third-order valence-electron chi connectivity index (χ3n) is 1.36. The Kier molecular flexibility index (Phi) is 19.5. The molecule has 0 aromatic carbocycles. The number of aliphatic carboxylic acids is 2. The molecule has 4 nitrogen and oxygen atoms in total. The molecule has 0 saturated heterocycles. The fraction of sp³-hybridized carbons (Fsp3) is 0.714. The van der Waals surface area contributed by atoms with E-state index in [4.69, 9.17) is 0 Å². The fourth-order valence-corrected chi connectivity index (χ4v) is 0.751. The zero-order valence-electron chi connectivity index (χ0n) is 8.33. The molecule has 0 aliphatic carbocycles. The van der Waals surface area contributed by atoms with Crippen molar-refractivity contribution >= 4 is 11.9 Å². The van der Waals surface area contributed by atoms with Gasteiger partial charge in [0.2, 0.25) is 0 Å². The molecule has 0 spiro atoms. The molecule has 6 heteroatoms. The van der Waals surface area contributed by atoms with E-state index in [0.29, 0.717) is 6.42 Å². The Balaban J connectivity index is -0.000000500. The molecule has 0 N–H and O–H groups in total. The third-order valence-corrected chi connectivity index (χ3v) is 1.36. The Morgan fingerprint density at radius 1 is 1.15 bits per heavy atom. The summed E-state index contributed by atoms with van der Waals surface area (Å²) in [6.07, 6.45) is 0.151. The molecule has 0 bridgehead atoms. The summed E-state index contributed by atoms with van der Waals surface area (Å²) in [5.74, 6) is -2.44. The van der Waals surface area contributed by atoms with E-state index in [0.717, 1.165) is 0 Å². The Morgan fingerprint density at radius 3 is 1.92 bits per heavy atom. The SMILES string of the molecule is CC(CCC(=O)[O-])CC(=O)[O-].[K+].[K+]. The van der Waals surface area contributed by atoms with Crippen molar-refractivity contribution < 1.29 is 123 Å². The number of carbonyl (C=O) groups is 2. The molecule has 0 heterocycles. The molecule has 1 atom stereocenters. The van der Waals surface area contributed by atoms with Gasteiger partial charge >= 0.3 is 103 Å². The summed E-state index contributed by atoms with van der Waals surface area (Å²) in [6, 6.07) is 0. The third kappa shape index (κ3) is 16.9. The van der Waals surface area contributed by atoms with Gasteiger partial charge in [0.1, 0.15) is 0 Å². The zero-order valence-corrected chi connectivity index (χ0v) is 14.6. The topological polar surface area (TPSA) is 80.3 Å². The van der Waals surface area contributed by atoms with Gasteiger partial charge in [-0.2, -0.15) is 0 Å². The van der Waals surface area contributed by atoms with Crippen LogP contribution in [0.1, 0.15) is 26.2 Å². The first-order valence-electron chi connectivity index (χ1n) is 3.42. The minimum absolute atomic E-state index is 0. The minimum atomic E-state index is -1.14. The van der Waals surface area contributed by atoms with Gasteiger partial charge in [-0.1, -0.05) is 6.92 Å². The van der Waals surface area contributed by atoms with Gasteiger partial charge in [0.05, 0.1) is 0 Å². The molecule has 0 rings (SSSR count). The molecular weight excluding hydrogens is 226 g/mol. The number of rotatable bonds is 5. The van der Waals surface area contributed by atoms with Crippen LogP contribution in [0.2, 0.25) is 0 Å². The van der Waals surface area contributed by atoms with E-state index in [1.54, 1.807) is 6.92 Å². The molecule has 64 valence electrons. The van der Waals surface area contributed by atoms with E-state index >= 15 is 0 Å². The van der Waals surface area contributed by atoms with E-state index in [9.17, 15) is 19.8 Å². The summed E-state index contributed by atoms with van der Waals surface area (Å²) >= 11 is 0. The Bertz CT molecular complexity index is 161. The average Bonchev–Trinajstić information content (AvgIpc) is 1.82. The van der Waals surface area contributed by atoms with Crippen molar-refractivity contribution in [2.24, 2.45) is 5.92 Å². The second-order valence-electron chi connectivity index (χ2n) is 2.59. The normalized spacial score (nSPS) is 10.5. The molecule has 1 unspecified atom stereocenters. The van der Waals surface area contributed by atoms with E-state index in [1.807, 2.05) is 0 Å². The van der Waals surface area contributed by atoms with Gasteiger partial charge < -0.3 is 19.8 Å². The quantitative estimate of drug-likeness (QED) is 0.444. The van der Waals surface area contributed by atoms with Gasteiger partial charge in [0.15, 0.2) is 0 Å². The van der Waals surface area contributed by atoms with Crippen LogP contribution in [0, 0.1) is 5.92 Å². The number of carboxylic acids is 2. The Labute approximate surface area is 163 Å². The van der Waals surface area contributed by atoms with Gasteiger partial charge in [-0.15, -0.1) is 0 Å². The first kappa shape index (κ1) is 20.6. The smallest absolute Gasteiger partial charge is 0.550 e. The number of carboxylic acid groups (broad SMARTS) is 2. The van der Waals surface area contributed by atoms with Crippen LogP contribution >= 0.6 is 0 Å². The van der Waals surface area contributed by atoms with Crippen molar-refractivity contribution in [1.29, 1.82) is 0 Å². The van der Waals surface area contributed by atoms with Crippen molar-refractivity contribution in [3.05, 3.63) is 0 Å². The predicted octanol–water partition coefficient (Wildman–Crippen LogP) is -7.70. The van der Waals surface area contributed by atoms with Crippen LogP contribution < -0.4 is 113 Å². The maximum atomic E-state index is 9.98. The summed E-state index contributed by atoms with van der Waals surface area (Å²) < 4.78 is 0. The standard InChI is InChI=1S/C7H12O4.2K/c1-5(4-7(10)11)2-3-6(8)9;;/h5H,2-4H2,1H3,(H,8,9)(H,10,11);;/q;2*+1/p-2. The van der Waals surface area contributed by atoms with Crippen molar-refractivity contribution in [1.82, 2.24) is 0 Å². The van der Waals surface area contributed by atoms with Gasteiger partial charge in [-0.25, -0.2) is 0 Å². The van der Waals surface area contributed by atoms with E-state index in [1.165, 1.54) is 0 Å². The molecule has 0 aliphatic rings. The van der Waals surface area contributed by atoms with Crippen molar-refractivity contribution in [2.75, 3.05) is 0 Å². The van der Waals surface area contributed by atoms with Crippen molar-refractivity contribution in [3.63, 3.8) is 0 Å². The minimum Gasteiger partial charge on any atom is -0.550 e. The number of hydrogen-bond donors (Lipinski definition) is 0. The Morgan fingerprint density at radius 2 is 1.62 bits per heavy atom. The summed E-state index contributed by atoms with van der Waals surface area (Å²) in [5, 5.41) is 19.9. The predicted molar refractivity (Wildman–Crippen MR) is 33.0 cm³/mol. The number of carbonyl (C=O) groups excluding carboxylic acids is 2. The van der Waals surface area contributed by atoms with Crippen LogP contribution in [-0.2, 0) is 9.59 Å². The van der Waals surface area contributed by atoms with Crippen LogP contribution in [0.5, 0.6) is 0 Å². The van der Waals surface area contributed by atoms with Crippen LogP contribution in [-0.4, -0.2) is 11.9 Å². The van der Waals surface area contributed by atoms with Crippen LogP contribution in [0.3, 0.4) is 0 Å². The van der Waals surface area contributed by atoms with Crippen molar-refractivity contribution in [3.8, 4) is 0 Å². The molecule has 13 heavy (non-hydrogen) atoms. The maximum absolute atomic E-state index is 9.98. The molecule has 0 radical (unpaired) electrons. The van der Waals surface area contributed by atoms with Gasteiger partial charge in [-0.3, -0.25) is 0 Å². The largest absolute Gasteiger partial charge is 1.00 e. The molecule has 0 amide bonds. The molecule has 0 fully saturated rings. The zero-order chi connectivity index (χ0) is 8.85. The van der Waals surface area contributed by atoms with Crippen LogP contribution in [0.4, 0.5) is 0 Å². The van der Waals surface area contributed by atoms with Crippen molar-refractivity contribution in [2.45, 2.75) is 26.2 Å². The van der Waals surface area contributed by atoms with E-state index in [-0.39, 0.29) is 122 Å². The monoisotopic (exact) mass is 236 g/mol. The van der Waals surface area contributed by atoms with Crippen LogP contribution in [0.15, 0.2) is 0 Å². The molecule has 0 aromatic heterocycles. The summed E-state index contributed by atoms with van der Waals surface area (Å²) in [4.78, 5) is 19.9. The molecular formula is C7H10K2O4. The molecule has 0 aromatic rings. The van der Waals surface area contributed by atoms with Gasteiger partial charge in [0, 0.05) is 11.9 Å². The maximum Gasteiger partial charge on any atom is 1.00 e. The first-order valence-corrected chi connectivity index (χ1v) is 3.42. The second kappa shape index (κ2) is 12.3. The molecule has 0 aliphatic heterocycles. The average molecular weight is 236 g/mol. The summed E-state index contributed by atoms with van der Waals surface area (Å²) in [6.45, 7) is 1.67. The fourth-order valence-electron chi connectivity index (χ4n) is 0.751. The van der Waals surface area contributed by atoms with E-state index in [2.05, 4.69) is 0 Å². The molecule has 0 saturated carbocycles. The number of hydrogen-bond acceptors (Lipinski definition) is 4. The van der Waals surface area contributed by atoms with Gasteiger partial charge in [0.25, 0.3) is 0 Å². The Hall–Kier alpha value is 2.21. The summed E-state index contributed by atoms with van der Waals surface area (Å²) in [5.41, 5.74) is 0. The second-order valence-corrected chi connectivity index (χ2v) is 2.59. The van der Waals surface area contributed by atoms with Crippen LogP contribution in [0.25, 0.3) is 0 Å². The van der Waals surface area contributed by atoms with Gasteiger partial charge in [-0.05, 0) is 25.2 Å². The summed E-state index contributed by atoms with van der Waals surface area (Å²) in [7, 11) is 0.